The molecule has 0 aliphatic rings. The average Bonchev–Trinajstić information content (AvgIpc) is 2.62. The monoisotopic (exact) mass is 519 g/mol. The summed E-state index contributed by atoms with van der Waals surface area (Å²) in [6.45, 7) is 3.43. The number of hydrogen-bond donors (Lipinski definition) is 1. The number of alkyl halides is 3. The molecule has 4 nitrogen and oxygen atoms in total. The summed E-state index contributed by atoms with van der Waals surface area (Å²) >= 11 is 2.13. The van der Waals surface area contributed by atoms with Crippen LogP contribution in [0.2, 0.25) is 0 Å². The number of carbonyl (C=O) groups is 1. The first kappa shape index (κ1) is 23.5. The molecule has 0 aliphatic carbocycles. The minimum atomic E-state index is -4.49. The number of rotatable bonds is 7. The molecule has 2 rings (SSSR count). The van der Waals surface area contributed by atoms with Crippen LogP contribution in [-0.4, -0.2) is 45.0 Å². The maximum Gasteiger partial charge on any atom is 0.416 e. The molecular formula is C21H25F3IN3O. The number of anilines is 2. The first-order chi connectivity index (χ1) is 13.5. The smallest absolute Gasteiger partial charge is 0.373 e. The quantitative estimate of drug-likeness (QED) is 0.508. The molecule has 0 aromatic heterocycles. The molecule has 0 atom stereocenters. The predicted molar refractivity (Wildman–Crippen MR) is 120 cm³/mol. The fourth-order valence-corrected chi connectivity index (χ4v) is 3.33. The van der Waals surface area contributed by atoms with Gasteiger partial charge in [-0.05, 0) is 92.5 Å². The molecule has 0 spiro atoms. The van der Waals surface area contributed by atoms with Gasteiger partial charge in [0.25, 0.3) is 5.91 Å². The van der Waals surface area contributed by atoms with Crippen LogP contribution in [0.4, 0.5) is 24.5 Å². The molecule has 0 radical (unpaired) electrons. The van der Waals surface area contributed by atoms with E-state index < -0.39 is 17.6 Å². The van der Waals surface area contributed by atoms with Gasteiger partial charge in [0.05, 0.1) is 16.9 Å². The van der Waals surface area contributed by atoms with Crippen LogP contribution in [0.5, 0.6) is 0 Å². The molecule has 8 heteroatoms. The van der Waals surface area contributed by atoms with Crippen LogP contribution in [0.25, 0.3) is 0 Å². The number of nitrogens with one attached hydrogen (secondary N) is 1. The number of halogens is 4. The third-order valence-corrected chi connectivity index (χ3v) is 5.68. The van der Waals surface area contributed by atoms with E-state index in [1.54, 1.807) is 12.1 Å². The molecule has 0 aliphatic heterocycles. The van der Waals surface area contributed by atoms with E-state index in [1.807, 2.05) is 43.9 Å². The van der Waals surface area contributed by atoms with E-state index in [-0.39, 0.29) is 5.69 Å². The molecule has 0 saturated carbocycles. The standard InChI is InChI=1S/C21H25F3IN3O/c1-14-6-7-15(12-17(14)25)20(29)26-18-13-16(21(22,23)24)8-9-19(18)28(4)11-5-10-27(2)3/h6-9,12-13H,5,10-11H2,1-4H3,(H,26,29). The van der Waals surface area contributed by atoms with Gasteiger partial charge in [-0.2, -0.15) is 13.2 Å². The van der Waals surface area contributed by atoms with Crippen molar-refractivity contribution in [2.75, 3.05) is 44.4 Å². The summed E-state index contributed by atoms with van der Waals surface area (Å²) in [5.41, 5.74) is 1.33. The van der Waals surface area contributed by atoms with E-state index in [0.29, 0.717) is 17.8 Å². The molecule has 0 saturated heterocycles. The van der Waals surface area contributed by atoms with Crippen molar-refractivity contribution >= 4 is 39.9 Å². The van der Waals surface area contributed by atoms with Gasteiger partial charge in [0, 0.05) is 22.7 Å². The largest absolute Gasteiger partial charge is 0.416 e. The molecule has 1 amide bonds. The van der Waals surface area contributed by atoms with E-state index in [4.69, 9.17) is 0 Å². The Morgan fingerprint density at radius 1 is 1.07 bits per heavy atom. The fourth-order valence-electron chi connectivity index (χ4n) is 2.82. The molecule has 0 fully saturated rings. The van der Waals surface area contributed by atoms with E-state index >= 15 is 0 Å². The number of carbonyl (C=O) groups excluding carboxylic acids is 1. The van der Waals surface area contributed by atoms with Crippen molar-refractivity contribution in [2.45, 2.75) is 19.5 Å². The average molecular weight is 519 g/mol. The Bertz CT molecular complexity index is 869. The Hall–Kier alpha value is -1.81. The van der Waals surface area contributed by atoms with Gasteiger partial charge in [-0.3, -0.25) is 4.79 Å². The van der Waals surface area contributed by atoms with E-state index in [0.717, 1.165) is 34.2 Å². The first-order valence-corrected chi connectivity index (χ1v) is 10.2. The van der Waals surface area contributed by atoms with Gasteiger partial charge in [-0.1, -0.05) is 6.07 Å². The van der Waals surface area contributed by atoms with E-state index in [9.17, 15) is 18.0 Å². The molecule has 1 N–H and O–H groups in total. The molecule has 2 aromatic carbocycles. The van der Waals surface area contributed by atoms with Crippen LogP contribution in [0.1, 0.15) is 27.9 Å². The summed E-state index contributed by atoms with van der Waals surface area (Å²) in [5, 5.41) is 2.67. The van der Waals surface area contributed by atoms with E-state index in [1.165, 1.54) is 6.07 Å². The van der Waals surface area contributed by atoms with Crippen molar-refractivity contribution in [1.29, 1.82) is 0 Å². The van der Waals surface area contributed by atoms with Crippen molar-refractivity contribution in [2.24, 2.45) is 0 Å². The summed E-state index contributed by atoms with van der Waals surface area (Å²) in [6.07, 6.45) is -3.64. The Labute approximate surface area is 183 Å². The Balaban J connectivity index is 2.32. The second kappa shape index (κ2) is 9.80. The normalized spacial score (nSPS) is 11.6. The van der Waals surface area contributed by atoms with Crippen LogP contribution in [0, 0.1) is 10.5 Å². The van der Waals surface area contributed by atoms with Crippen molar-refractivity contribution in [3.63, 3.8) is 0 Å². The second-order valence-electron chi connectivity index (χ2n) is 7.23. The van der Waals surface area contributed by atoms with Crippen molar-refractivity contribution in [3.05, 3.63) is 56.7 Å². The van der Waals surface area contributed by atoms with Gasteiger partial charge in [0.1, 0.15) is 0 Å². The molecule has 29 heavy (non-hydrogen) atoms. The number of amides is 1. The van der Waals surface area contributed by atoms with Crippen LogP contribution in [0.15, 0.2) is 36.4 Å². The Morgan fingerprint density at radius 2 is 1.76 bits per heavy atom. The third kappa shape index (κ3) is 6.60. The Kier molecular flexibility index (Phi) is 7.93. The highest BCUT2D eigenvalue weighted by Gasteiger charge is 2.31. The minimum absolute atomic E-state index is 0.146. The van der Waals surface area contributed by atoms with Gasteiger partial charge in [0.2, 0.25) is 0 Å². The van der Waals surface area contributed by atoms with Gasteiger partial charge in [-0.15, -0.1) is 0 Å². The predicted octanol–water partition coefficient (Wildman–Crippen LogP) is 5.26. The summed E-state index contributed by atoms with van der Waals surface area (Å²) in [4.78, 5) is 16.6. The van der Waals surface area contributed by atoms with Crippen LogP contribution < -0.4 is 10.2 Å². The molecule has 0 bridgehead atoms. The highest BCUT2D eigenvalue weighted by molar-refractivity contribution is 14.1. The lowest BCUT2D eigenvalue weighted by molar-refractivity contribution is -0.137. The van der Waals surface area contributed by atoms with Gasteiger partial charge < -0.3 is 15.1 Å². The molecule has 0 unspecified atom stereocenters. The molecule has 158 valence electrons. The van der Waals surface area contributed by atoms with Crippen LogP contribution >= 0.6 is 22.6 Å². The zero-order valence-corrected chi connectivity index (χ0v) is 19.1. The number of aryl methyl sites for hydroxylation is 1. The molecular weight excluding hydrogens is 494 g/mol. The Morgan fingerprint density at radius 3 is 2.34 bits per heavy atom. The SMILES string of the molecule is Cc1ccc(C(=O)Nc2cc(C(F)(F)F)ccc2N(C)CCCN(C)C)cc1I. The van der Waals surface area contributed by atoms with Crippen molar-refractivity contribution < 1.29 is 18.0 Å². The summed E-state index contributed by atoms with van der Waals surface area (Å²) in [5.74, 6) is -0.440. The van der Waals surface area contributed by atoms with Crippen LogP contribution in [0.3, 0.4) is 0 Å². The topological polar surface area (TPSA) is 35.6 Å². The van der Waals surface area contributed by atoms with Crippen molar-refractivity contribution in [1.82, 2.24) is 4.90 Å². The van der Waals surface area contributed by atoms with Crippen LogP contribution in [-0.2, 0) is 6.18 Å². The summed E-state index contributed by atoms with van der Waals surface area (Å²) in [6, 6.07) is 8.65. The highest BCUT2D eigenvalue weighted by atomic mass is 127. The summed E-state index contributed by atoms with van der Waals surface area (Å²) in [7, 11) is 5.74. The molecule has 0 heterocycles. The fraction of sp³-hybridized carbons (Fsp3) is 0.381. The van der Waals surface area contributed by atoms with Gasteiger partial charge in [0.15, 0.2) is 0 Å². The summed E-state index contributed by atoms with van der Waals surface area (Å²) < 4.78 is 40.6. The lowest BCUT2D eigenvalue weighted by Gasteiger charge is -2.24. The first-order valence-electron chi connectivity index (χ1n) is 9.13. The zero-order valence-electron chi connectivity index (χ0n) is 16.9. The lowest BCUT2D eigenvalue weighted by atomic mass is 10.1. The zero-order chi connectivity index (χ0) is 21.8. The second-order valence-corrected chi connectivity index (χ2v) is 8.39. The van der Waals surface area contributed by atoms with E-state index in [2.05, 4.69) is 27.9 Å². The highest BCUT2D eigenvalue weighted by Crippen LogP contribution is 2.35. The molecule has 2 aromatic rings. The third-order valence-electron chi connectivity index (χ3n) is 4.52. The lowest BCUT2D eigenvalue weighted by Crippen LogP contribution is -2.25. The van der Waals surface area contributed by atoms with Gasteiger partial charge in [-0.25, -0.2) is 0 Å². The maximum absolute atomic E-state index is 13.2. The van der Waals surface area contributed by atoms with Crippen molar-refractivity contribution in [3.8, 4) is 0 Å². The number of nitrogens with zero attached hydrogens (tertiary/aromatic N) is 2. The number of hydrogen-bond acceptors (Lipinski definition) is 3. The van der Waals surface area contributed by atoms with Gasteiger partial charge >= 0.3 is 6.18 Å². The number of benzene rings is 2. The maximum atomic E-state index is 13.2. The minimum Gasteiger partial charge on any atom is -0.373 e.